The Labute approximate surface area is 124 Å². The van der Waals surface area contributed by atoms with E-state index >= 15 is 0 Å². The number of carboxylic acids is 1. The fraction of sp³-hybridized carbons (Fsp3) is 0.308. The molecule has 6 heteroatoms. The van der Waals surface area contributed by atoms with Crippen LogP contribution in [0.3, 0.4) is 0 Å². The third-order valence-electron chi connectivity index (χ3n) is 2.75. The largest absolute Gasteiger partial charge is 0.544 e. The highest BCUT2D eigenvalue weighted by molar-refractivity contribution is 9.10. The number of quaternary nitrogens is 1. The number of thioether (sulfide) groups is 1. The number of ether oxygens (including phenoxy) is 1. The van der Waals surface area contributed by atoms with Gasteiger partial charge in [-0.3, -0.25) is 0 Å². The quantitative estimate of drug-likeness (QED) is 0.776. The molecule has 1 aromatic carbocycles. The SMILES string of the molecule is C#CCOc1ccc(Br)cc1[C@@H]1[NH2+][C@H](C(=O)[O-])CS1. The normalized spacial score (nSPS) is 21.9. The highest BCUT2D eigenvalue weighted by atomic mass is 79.9. The smallest absolute Gasteiger partial charge is 0.163 e. The number of benzene rings is 1. The second-order valence-corrected chi connectivity index (χ2v) is 6.14. The lowest BCUT2D eigenvalue weighted by Gasteiger charge is -2.15. The number of carbonyl (C=O) groups excluding carboxylic acids is 1. The number of rotatable bonds is 4. The topological polar surface area (TPSA) is 66.0 Å². The lowest BCUT2D eigenvalue weighted by molar-refractivity contribution is -0.690. The average Bonchev–Trinajstić information content (AvgIpc) is 2.87. The lowest BCUT2D eigenvalue weighted by atomic mass is 10.2. The number of carboxylic acid groups (broad SMARTS) is 1. The van der Waals surface area contributed by atoms with Crippen LogP contribution >= 0.6 is 27.7 Å². The van der Waals surface area contributed by atoms with E-state index in [9.17, 15) is 9.90 Å². The molecule has 0 amide bonds. The number of halogens is 1. The summed E-state index contributed by atoms with van der Waals surface area (Å²) in [6, 6.07) is 5.11. The highest BCUT2D eigenvalue weighted by Crippen LogP contribution is 2.35. The molecule has 1 aliphatic rings. The highest BCUT2D eigenvalue weighted by Gasteiger charge is 2.32. The van der Waals surface area contributed by atoms with Crippen molar-refractivity contribution in [2.24, 2.45) is 0 Å². The van der Waals surface area contributed by atoms with Gasteiger partial charge in [0, 0.05) is 4.47 Å². The molecule has 2 N–H and O–H groups in total. The van der Waals surface area contributed by atoms with Crippen molar-refractivity contribution in [2.45, 2.75) is 11.4 Å². The molecule has 1 saturated heterocycles. The lowest BCUT2D eigenvalue weighted by Crippen LogP contribution is -2.90. The zero-order chi connectivity index (χ0) is 13.8. The second-order valence-electron chi connectivity index (χ2n) is 4.05. The molecule has 1 aromatic rings. The molecular weight excluding hydrogens is 330 g/mol. The van der Waals surface area contributed by atoms with Gasteiger partial charge in [0.1, 0.15) is 24.4 Å². The first-order chi connectivity index (χ1) is 9.11. The van der Waals surface area contributed by atoms with Gasteiger partial charge in [0.2, 0.25) is 0 Å². The van der Waals surface area contributed by atoms with Crippen LogP contribution in [-0.2, 0) is 4.79 Å². The van der Waals surface area contributed by atoms with Crippen LogP contribution in [0.2, 0.25) is 0 Å². The number of terminal acetylenes is 1. The summed E-state index contributed by atoms with van der Waals surface area (Å²) in [5, 5.41) is 12.6. The van der Waals surface area contributed by atoms with E-state index in [0.717, 1.165) is 10.0 Å². The predicted octanol–water partition coefficient (Wildman–Crippen LogP) is -0.112. The van der Waals surface area contributed by atoms with E-state index in [0.29, 0.717) is 11.5 Å². The minimum atomic E-state index is -1.03. The first kappa shape index (κ1) is 14.3. The first-order valence-electron chi connectivity index (χ1n) is 5.65. The summed E-state index contributed by atoms with van der Waals surface area (Å²) in [7, 11) is 0. The van der Waals surface area contributed by atoms with Crippen molar-refractivity contribution in [3.8, 4) is 18.1 Å². The molecule has 2 rings (SSSR count). The van der Waals surface area contributed by atoms with Gasteiger partial charge in [-0.15, -0.1) is 6.42 Å². The minimum Gasteiger partial charge on any atom is -0.544 e. The van der Waals surface area contributed by atoms with E-state index in [-0.39, 0.29) is 12.0 Å². The van der Waals surface area contributed by atoms with Crippen molar-refractivity contribution in [2.75, 3.05) is 12.4 Å². The molecule has 1 aliphatic heterocycles. The van der Waals surface area contributed by atoms with E-state index in [2.05, 4.69) is 21.9 Å². The van der Waals surface area contributed by atoms with E-state index in [1.807, 2.05) is 18.2 Å². The molecular formula is C13H12BrNO3S. The fourth-order valence-electron chi connectivity index (χ4n) is 1.86. The Morgan fingerprint density at radius 3 is 3.11 bits per heavy atom. The molecule has 0 saturated carbocycles. The summed E-state index contributed by atoms with van der Waals surface area (Å²) < 4.78 is 6.41. The van der Waals surface area contributed by atoms with Crippen LogP contribution in [0, 0.1) is 12.3 Å². The third kappa shape index (κ3) is 3.44. The van der Waals surface area contributed by atoms with E-state index in [1.165, 1.54) is 0 Å². The molecule has 0 bridgehead atoms. The molecule has 1 heterocycles. The van der Waals surface area contributed by atoms with E-state index in [4.69, 9.17) is 11.2 Å². The Morgan fingerprint density at radius 2 is 2.47 bits per heavy atom. The third-order valence-corrected chi connectivity index (χ3v) is 4.57. The van der Waals surface area contributed by atoms with Crippen molar-refractivity contribution < 1.29 is 20.0 Å². The molecule has 100 valence electrons. The summed E-state index contributed by atoms with van der Waals surface area (Å²) >= 11 is 4.97. The van der Waals surface area contributed by atoms with E-state index < -0.39 is 12.0 Å². The van der Waals surface area contributed by atoms with Gasteiger partial charge in [0.25, 0.3) is 0 Å². The monoisotopic (exact) mass is 341 g/mol. The van der Waals surface area contributed by atoms with Crippen molar-refractivity contribution in [1.82, 2.24) is 0 Å². The number of nitrogens with two attached hydrogens (primary N) is 1. The van der Waals surface area contributed by atoms with Gasteiger partial charge in [-0.05, 0) is 18.2 Å². The maximum Gasteiger partial charge on any atom is 0.163 e. The molecule has 0 radical (unpaired) electrons. The summed E-state index contributed by atoms with van der Waals surface area (Å²) in [6.07, 6.45) is 5.19. The van der Waals surface area contributed by atoms with Crippen LogP contribution < -0.4 is 15.2 Å². The molecule has 0 spiro atoms. The second kappa shape index (κ2) is 6.33. The number of hydrogen-bond acceptors (Lipinski definition) is 4. The molecule has 4 nitrogen and oxygen atoms in total. The molecule has 2 atom stereocenters. The Kier molecular flexibility index (Phi) is 4.75. The molecule has 1 fully saturated rings. The Hall–Kier alpha value is -1.16. The van der Waals surface area contributed by atoms with Crippen molar-refractivity contribution >= 4 is 33.7 Å². The summed E-state index contributed by atoms with van der Waals surface area (Å²) in [4.78, 5) is 10.9. The summed E-state index contributed by atoms with van der Waals surface area (Å²) in [6.45, 7) is 0.190. The van der Waals surface area contributed by atoms with E-state index in [1.54, 1.807) is 17.1 Å². The van der Waals surface area contributed by atoms with Crippen LogP contribution in [-0.4, -0.2) is 24.4 Å². The Balaban J connectivity index is 2.21. The maximum atomic E-state index is 10.9. The van der Waals surface area contributed by atoms with Crippen LogP contribution in [0.15, 0.2) is 22.7 Å². The molecule has 19 heavy (non-hydrogen) atoms. The van der Waals surface area contributed by atoms with Gasteiger partial charge in [0.05, 0.1) is 11.3 Å². The van der Waals surface area contributed by atoms with Crippen molar-refractivity contribution in [3.05, 3.63) is 28.2 Å². The van der Waals surface area contributed by atoms with Crippen LogP contribution in [0.5, 0.6) is 5.75 Å². The number of hydrogen-bond donors (Lipinski definition) is 1. The average molecular weight is 342 g/mol. The van der Waals surface area contributed by atoms with Crippen molar-refractivity contribution in [1.29, 1.82) is 0 Å². The molecule has 0 unspecified atom stereocenters. The molecule has 0 aromatic heterocycles. The van der Waals surface area contributed by atoms with Gasteiger partial charge < -0.3 is 20.0 Å². The van der Waals surface area contributed by atoms with Crippen LogP contribution in [0.4, 0.5) is 0 Å². The molecule has 0 aliphatic carbocycles. The summed E-state index contributed by atoms with van der Waals surface area (Å²) in [5.41, 5.74) is 0.929. The Morgan fingerprint density at radius 1 is 1.68 bits per heavy atom. The zero-order valence-electron chi connectivity index (χ0n) is 9.97. The Bertz CT molecular complexity index is 529. The minimum absolute atomic E-state index is 0.0202. The van der Waals surface area contributed by atoms with Crippen LogP contribution in [0.25, 0.3) is 0 Å². The summed E-state index contributed by atoms with van der Waals surface area (Å²) in [5.74, 6) is 2.60. The number of carbonyl (C=O) groups is 1. The standard InChI is InChI=1S/C13H12BrNO3S/c1-2-5-18-11-4-3-8(14)6-9(11)12-15-10(7-19-12)13(16)17/h1,3-4,6,10,12,15H,5,7H2,(H,16,17)/t10-,12+/m0/s1. The first-order valence-corrected chi connectivity index (χ1v) is 7.49. The van der Waals surface area contributed by atoms with Gasteiger partial charge in [0.15, 0.2) is 5.37 Å². The fourth-order valence-corrected chi connectivity index (χ4v) is 3.57. The van der Waals surface area contributed by atoms with Gasteiger partial charge in [-0.2, -0.15) is 0 Å². The van der Waals surface area contributed by atoms with Gasteiger partial charge in [-0.1, -0.05) is 33.6 Å². The maximum absolute atomic E-state index is 10.9. The van der Waals surface area contributed by atoms with Crippen molar-refractivity contribution in [3.63, 3.8) is 0 Å². The van der Waals surface area contributed by atoms with Gasteiger partial charge in [-0.25, -0.2) is 0 Å². The van der Waals surface area contributed by atoms with Gasteiger partial charge >= 0.3 is 0 Å². The predicted molar refractivity (Wildman–Crippen MR) is 74.4 cm³/mol. The van der Waals surface area contributed by atoms with Crippen LogP contribution in [0.1, 0.15) is 10.9 Å². The number of aliphatic carboxylic acids is 1. The zero-order valence-corrected chi connectivity index (χ0v) is 12.4.